The minimum atomic E-state index is 0.182. The third kappa shape index (κ3) is 2.79. The summed E-state index contributed by atoms with van der Waals surface area (Å²) in [6, 6.07) is 6.02. The molecule has 146 valence electrons. The number of aryl methyl sites for hydroxylation is 2. The van der Waals surface area contributed by atoms with Gasteiger partial charge in [-0.25, -0.2) is 0 Å². The molecule has 2 fully saturated rings. The second kappa shape index (κ2) is 6.57. The Morgan fingerprint density at radius 3 is 2.96 bits per heavy atom. The second-order valence-electron chi connectivity index (χ2n) is 9.03. The normalized spacial score (nSPS) is 33.1. The number of rotatable bonds is 2. The molecule has 28 heavy (non-hydrogen) atoms. The van der Waals surface area contributed by atoms with Crippen LogP contribution in [0.4, 0.5) is 0 Å². The summed E-state index contributed by atoms with van der Waals surface area (Å²) in [6.07, 6.45) is 12.6. The van der Waals surface area contributed by atoms with E-state index in [-0.39, 0.29) is 5.41 Å². The highest BCUT2D eigenvalue weighted by atomic mass is 16.3. The molecule has 3 aliphatic carbocycles. The third-order valence-electron chi connectivity index (χ3n) is 7.56. The number of hydrogen-bond acceptors (Lipinski definition) is 4. The van der Waals surface area contributed by atoms with Gasteiger partial charge in [-0.15, -0.1) is 0 Å². The Balaban J connectivity index is 1.39. The summed E-state index contributed by atoms with van der Waals surface area (Å²) in [6.45, 7) is 2.42. The molecule has 2 aromatic rings. The average molecular weight is 377 g/mol. The molecule has 0 spiro atoms. The predicted octanol–water partition coefficient (Wildman–Crippen LogP) is 4.46. The van der Waals surface area contributed by atoms with E-state index >= 15 is 0 Å². The Hall–Kier alpha value is -2.43. The maximum absolute atomic E-state index is 9.84. The third-order valence-corrected chi connectivity index (χ3v) is 7.56. The fourth-order valence-electron chi connectivity index (χ4n) is 6.19. The van der Waals surface area contributed by atoms with Crippen LogP contribution in [0, 0.1) is 17.3 Å². The number of aromatic nitrogens is 2. The van der Waals surface area contributed by atoms with E-state index in [1.165, 1.54) is 42.5 Å². The summed E-state index contributed by atoms with van der Waals surface area (Å²) in [7, 11) is 1.91. The second-order valence-corrected chi connectivity index (χ2v) is 9.03. The molecule has 0 amide bonds. The van der Waals surface area contributed by atoms with Crippen molar-refractivity contribution in [1.29, 1.82) is 0 Å². The van der Waals surface area contributed by atoms with Crippen LogP contribution in [0.25, 0.3) is 0 Å². The number of benzene rings is 1. The molecule has 1 aromatic heterocycles. The first-order valence-electron chi connectivity index (χ1n) is 10.5. The first-order chi connectivity index (χ1) is 13.5. The first-order valence-corrected chi connectivity index (χ1v) is 10.5. The molecular formula is C23H28N4O. The van der Waals surface area contributed by atoms with Gasteiger partial charge in [0.25, 0.3) is 0 Å². The molecule has 0 bridgehead atoms. The van der Waals surface area contributed by atoms with Gasteiger partial charge < -0.3 is 5.11 Å². The van der Waals surface area contributed by atoms with Crippen molar-refractivity contribution in [3.05, 3.63) is 47.3 Å². The summed E-state index contributed by atoms with van der Waals surface area (Å²) >= 11 is 0. The number of hydrogen-bond donors (Lipinski definition) is 1. The van der Waals surface area contributed by atoms with Crippen LogP contribution in [0.1, 0.15) is 61.6 Å². The molecule has 2 saturated carbocycles. The molecule has 5 rings (SSSR count). The Bertz CT molecular complexity index is 959. The van der Waals surface area contributed by atoms with Gasteiger partial charge in [-0.1, -0.05) is 13.0 Å². The SMILES string of the molecule is Cn1cc(/C=N\N=C2\CC[C@H]3[C@H]4CCc5cc(O)ccc5[C@H]4CC[C@]23C)cn1. The van der Waals surface area contributed by atoms with Crippen molar-refractivity contribution in [3.63, 3.8) is 0 Å². The van der Waals surface area contributed by atoms with E-state index in [9.17, 15) is 5.11 Å². The zero-order chi connectivity index (χ0) is 19.3. The van der Waals surface area contributed by atoms with Crippen LogP contribution in [0.15, 0.2) is 40.8 Å². The van der Waals surface area contributed by atoms with Gasteiger partial charge >= 0.3 is 0 Å². The van der Waals surface area contributed by atoms with E-state index in [1.807, 2.05) is 37.8 Å². The van der Waals surface area contributed by atoms with Crippen LogP contribution in [0.3, 0.4) is 0 Å². The number of phenolic OH excluding ortho intramolecular Hbond substituents is 1. The summed E-state index contributed by atoms with van der Waals surface area (Å²) in [5.41, 5.74) is 5.30. The van der Waals surface area contributed by atoms with E-state index in [1.54, 1.807) is 4.68 Å². The summed E-state index contributed by atoms with van der Waals surface area (Å²) in [5.74, 6) is 2.46. The molecule has 0 radical (unpaired) electrons. The van der Waals surface area contributed by atoms with Crippen molar-refractivity contribution in [2.24, 2.45) is 34.5 Å². The van der Waals surface area contributed by atoms with E-state index in [2.05, 4.69) is 23.2 Å². The van der Waals surface area contributed by atoms with Crippen molar-refractivity contribution >= 4 is 11.9 Å². The minimum Gasteiger partial charge on any atom is -0.508 e. The molecule has 4 atom stereocenters. The standard InChI is InChI=1S/C23H28N4O/c1-23-10-9-19-18-6-4-17(28)11-16(18)3-5-20(19)21(23)7-8-22(23)26-24-12-15-13-25-27(2)14-15/h4,6,11-14,19-21,28H,3,5,7-10H2,1-2H3/b24-12-,26-22-/t19-,20+,21+,23+/m1/s1. The van der Waals surface area contributed by atoms with E-state index in [0.29, 0.717) is 17.6 Å². The van der Waals surface area contributed by atoms with Gasteiger partial charge in [0.2, 0.25) is 0 Å². The maximum atomic E-state index is 9.84. The fraction of sp³-hybridized carbons (Fsp3) is 0.522. The van der Waals surface area contributed by atoms with Crippen LogP contribution in [-0.2, 0) is 13.5 Å². The van der Waals surface area contributed by atoms with E-state index in [4.69, 9.17) is 5.10 Å². The number of phenols is 1. The largest absolute Gasteiger partial charge is 0.508 e. The van der Waals surface area contributed by atoms with Crippen LogP contribution < -0.4 is 0 Å². The molecule has 1 N–H and O–H groups in total. The average Bonchev–Trinajstić information content (AvgIpc) is 3.24. The molecule has 1 aromatic carbocycles. The molecule has 0 aliphatic heterocycles. The molecule has 3 aliphatic rings. The molecule has 0 saturated heterocycles. The zero-order valence-electron chi connectivity index (χ0n) is 16.7. The van der Waals surface area contributed by atoms with Crippen molar-refractivity contribution in [3.8, 4) is 5.75 Å². The Kier molecular flexibility index (Phi) is 4.14. The number of aromatic hydroxyl groups is 1. The monoisotopic (exact) mass is 376 g/mol. The highest BCUT2D eigenvalue weighted by Gasteiger charge is 2.53. The van der Waals surface area contributed by atoms with Crippen molar-refractivity contribution in [2.45, 2.75) is 51.4 Å². The minimum absolute atomic E-state index is 0.182. The smallest absolute Gasteiger partial charge is 0.115 e. The maximum Gasteiger partial charge on any atom is 0.115 e. The lowest BCUT2D eigenvalue weighted by Crippen LogP contribution is -2.42. The van der Waals surface area contributed by atoms with Crippen LogP contribution >= 0.6 is 0 Å². The predicted molar refractivity (Wildman–Crippen MR) is 111 cm³/mol. The van der Waals surface area contributed by atoms with Gasteiger partial charge in [-0.3, -0.25) is 4.68 Å². The van der Waals surface area contributed by atoms with Gasteiger partial charge in [-0.2, -0.15) is 15.3 Å². The van der Waals surface area contributed by atoms with Gasteiger partial charge in [0.15, 0.2) is 0 Å². The quantitative estimate of drug-likeness (QED) is 0.621. The van der Waals surface area contributed by atoms with Crippen LogP contribution in [0.5, 0.6) is 5.75 Å². The first kappa shape index (κ1) is 17.7. The molecule has 5 nitrogen and oxygen atoms in total. The Morgan fingerprint density at radius 2 is 2.14 bits per heavy atom. The molecule has 5 heteroatoms. The highest BCUT2D eigenvalue weighted by molar-refractivity contribution is 5.93. The number of nitrogens with zero attached hydrogens (tertiary/aromatic N) is 4. The van der Waals surface area contributed by atoms with Gasteiger partial charge in [0.05, 0.1) is 12.4 Å². The fourth-order valence-corrected chi connectivity index (χ4v) is 6.19. The number of fused-ring (bicyclic) bond motifs is 5. The molecular weight excluding hydrogens is 348 g/mol. The molecule has 1 heterocycles. The van der Waals surface area contributed by atoms with Crippen molar-refractivity contribution < 1.29 is 5.11 Å². The lowest BCUT2D eigenvalue weighted by Gasteiger charge is -2.49. The Morgan fingerprint density at radius 1 is 1.25 bits per heavy atom. The van der Waals surface area contributed by atoms with Gasteiger partial charge in [0, 0.05) is 29.9 Å². The lowest BCUT2D eigenvalue weighted by molar-refractivity contribution is 0.0955. The van der Waals surface area contributed by atoms with E-state index < -0.39 is 0 Å². The van der Waals surface area contributed by atoms with Crippen molar-refractivity contribution in [2.75, 3.05) is 0 Å². The van der Waals surface area contributed by atoms with Gasteiger partial charge in [-0.05, 0) is 79.5 Å². The topological polar surface area (TPSA) is 62.8 Å². The van der Waals surface area contributed by atoms with Crippen molar-refractivity contribution in [1.82, 2.24) is 9.78 Å². The molecule has 0 unspecified atom stereocenters. The summed E-state index contributed by atoms with van der Waals surface area (Å²) in [4.78, 5) is 0. The lowest BCUT2D eigenvalue weighted by atomic mass is 9.55. The van der Waals surface area contributed by atoms with Crippen LogP contribution in [0.2, 0.25) is 0 Å². The zero-order valence-corrected chi connectivity index (χ0v) is 16.7. The summed E-state index contributed by atoms with van der Waals surface area (Å²) < 4.78 is 1.78. The highest BCUT2D eigenvalue weighted by Crippen LogP contribution is 2.60. The van der Waals surface area contributed by atoms with Crippen LogP contribution in [-0.4, -0.2) is 26.8 Å². The van der Waals surface area contributed by atoms with E-state index in [0.717, 1.165) is 24.3 Å². The Labute approximate surface area is 166 Å². The summed E-state index contributed by atoms with van der Waals surface area (Å²) in [5, 5.41) is 23.1. The van der Waals surface area contributed by atoms with Gasteiger partial charge in [0.1, 0.15) is 5.75 Å².